The topological polar surface area (TPSA) is 62.0 Å². The smallest absolute Gasteiger partial charge is 0.268 e. The fourth-order valence-electron chi connectivity index (χ4n) is 1.86. The molecule has 0 aliphatic rings. The Hall–Kier alpha value is -2.07. The molecule has 0 spiro atoms. The summed E-state index contributed by atoms with van der Waals surface area (Å²) in [6, 6.07) is 8.69. The lowest BCUT2D eigenvalue weighted by atomic mass is 10.1. The zero-order valence-corrected chi connectivity index (χ0v) is 12.0. The number of ketones is 1. The van der Waals surface area contributed by atoms with Crippen molar-refractivity contribution in [3.63, 3.8) is 0 Å². The average Bonchev–Trinajstić information content (AvgIpc) is 2.88. The number of aromatic amines is 1. The first-order valence-electron chi connectivity index (χ1n) is 6.23. The molecule has 20 heavy (non-hydrogen) atoms. The van der Waals surface area contributed by atoms with Gasteiger partial charge in [0.15, 0.2) is 5.78 Å². The quantitative estimate of drug-likeness (QED) is 0.848. The summed E-state index contributed by atoms with van der Waals surface area (Å²) in [5.74, 6) is -0.340. The number of H-pyrrole nitrogens is 1. The van der Waals surface area contributed by atoms with Gasteiger partial charge in [0.2, 0.25) is 0 Å². The molecule has 5 heteroatoms. The Bertz CT molecular complexity index is 649. The van der Waals surface area contributed by atoms with Gasteiger partial charge in [-0.15, -0.1) is 0 Å². The lowest BCUT2D eigenvalue weighted by Crippen LogP contribution is -2.26. The van der Waals surface area contributed by atoms with Crippen molar-refractivity contribution in [2.75, 3.05) is 0 Å². The third kappa shape index (κ3) is 3.27. The van der Waals surface area contributed by atoms with Crippen LogP contribution in [0.2, 0.25) is 5.02 Å². The molecule has 0 radical (unpaired) electrons. The standard InChI is InChI=1S/C15H15ClN2O2/c1-9(11-4-3-5-13(16)6-11)18-15(20)14-7-12(8-17-14)10(2)19/h3-9,17H,1-2H3,(H,18,20)/t9-/m0/s1. The van der Waals surface area contributed by atoms with Gasteiger partial charge in [-0.25, -0.2) is 0 Å². The van der Waals surface area contributed by atoms with Crippen LogP contribution >= 0.6 is 11.6 Å². The molecule has 2 rings (SSSR count). The van der Waals surface area contributed by atoms with Gasteiger partial charge >= 0.3 is 0 Å². The molecule has 1 heterocycles. The maximum Gasteiger partial charge on any atom is 0.268 e. The second-order valence-corrected chi connectivity index (χ2v) is 5.04. The first-order chi connectivity index (χ1) is 9.47. The van der Waals surface area contributed by atoms with E-state index < -0.39 is 0 Å². The van der Waals surface area contributed by atoms with E-state index in [4.69, 9.17) is 11.6 Å². The van der Waals surface area contributed by atoms with Gasteiger partial charge in [-0.2, -0.15) is 0 Å². The van der Waals surface area contributed by atoms with Crippen LogP contribution in [0, 0.1) is 0 Å². The Kier molecular flexibility index (Phi) is 4.25. The molecule has 0 saturated carbocycles. The normalized spacial score (nSPS) is 11.9. The van der Waals surface area contributed by atoms with E-state index in [0.717, 1.165) is 5.56 Å². The molecule has 1 amide bonds. The van der Waals surface area contributed by atoms with Crippen LogP contribution in [-0.2, 0) is 0 Å². The van der Waals surface area contributed by atoms with Crippen molar-refractivity contribution in [3.8, 4) is 0 Å². The van der Waals surface area contributed by atoms with Crippen LogP contribution in [0.3, 0.4) is 0 Å². The largest absolute Gasteiger partial charge is 0.356 e. The van der Waals surface area contributed by atoms with Crippen LogP contribution in [0.15, 0.2) is 36.5 Å². The predicted molar refractivity (Wildman–Crippen MR) is 78.1 cm³/mol. The Balaban J connectivity index is 2.08. The van der Waals surface area contributed by atoms with E-state index >= 15 is 0 Å². The molecular formula is C15H15ClN2O2. The second kappa shape index (κ2) is 5.92. The maximum absolute atomic E-state index is 12.1. The van der Waals surface area contributed by atoms with Crippen LogP contribution < -0.4 is 5.32 Å². The molecule has 0 saturated heterocycles. The molecule has 1 aromatic carbocycles. The predicted octanol–water partition coefficient (Wildman–Crippen LogP) is 3.36. The number of carbonyl (C=O) groups excluding carboxylic acids is 2. The maximum atomic E-state index is 12.1. The van der Waals surface area contributed by atoms with E-state index in [1.807, 2.05) is 25.1 Å². The molecule has 1 aromatic heterocycles. The van der Waals surface area contributed by atoms with Crippen molar-refractivity contribution in [2.45, 2.75) is 19.9 Å². The number of hydrogen-bond donors (Lipinski definition) is 2. The molecule has 0 bridgehead atoms. The van der Waals surface area contributed by atoms with Crippen molar-refractivity contribution in [2.24, 2.45) is 0 Å². The van der Waals surface area contributed by atoms with Gasteiger partial charge in [0.25, 0.3) is 5.91 Å². The summed E-state index contributed by atoms with van der Waals surface area (Å²) in [6.07, 6.45) is 1.53. The lowest BCUT2D eigenvalue weighted by molar-refractivity contribution is 0.0935. The summed E-state index contributed by atoms with van der Waals surface area (Å²) in [5, 5.41) is 3.48. The average molecular weight is 291 g/mol. The first-order valence-corrected chi connectivity index (χ1v) is 6.61. The highest BCUT2D eigenvalue weighted by Gasteiger charge is 2.14. The van der Waals surface area contributed by atoms with E-state index in [-0.39, 0.29) is 17.7 Å². The molecular weight excluding hydrogens is 276 g/mol. The van der Waals surface area contributed by atoms with Crippen molar-refractivity contribution in [1.29, 1.82) is 0 Å². The molecule has 2 aromatic rings. The van der Waals surface area contributed by atoms with Crippen LogP contribution in [0.4, 0.5) is 0 Å². The summed E-state index contributed by atoms with van der Waals surface area (Å²) >= 11 is 5.92. The third-order valence-corrected chi connectivity index (χ3v) is 3.27. The van der Waals surface area contributed by atoms with Crippen LogP contribution in [0.25, 0.3) is 0 Å². The zero-order chi connectivity index (χ0) is 14.7. The van der Waals surface area contributed by atoms with Crippen molar-refractivity contribution < 1.29 is 9.59 Å². The van der Waals surface area contributed by atoms with Gasteiger partial charge in [-0.1, -0.05) is 23.7 Å². The molecule has 104 valence electrons. The minimum absolute atomic E-state index is 0.0804. The summed E-state index contributed by atoms with van der Waals surface area (Å²) in [7, 11) is 0. The van der Waals surface area contributed by atoms with Crippen molar-refractivity contribution >= 4 is 23.3 Å². The van der Waals surface area contributed by atoms with Gasteiger partial charge < -0.3 is 10.3 Å². The molecule has 1 atom stereocenters. The lowest BCUT2D eigenvalue weighted by Gasteiger charge is -2.13. The number of rotatable bonds is 4. The number of aromatic nitrogens is 1. The van der Waals surface area contributed by atoms with Crippen molar-refractivity contribution in [3.05, 3.63) is 58.4 Å². The van der Waals surface area contributed by atoms with Gasteiger partial charge in [0.05, 0.1) is 6.04 Å². The highest BCUT2D eigenvalue weighted by molar-refractivity contribution is 6.30. The summed E-state index contributed by atoms with van der Waals surface area (Å²) in [4.78, 5) is 26.1. The van der Waals surface area contributed by atoms with Crippen molar-refractivity contribution in [1.82, 2.24) is 10.3 Å². The number of halogens is 1. The molecule has 0 unspecified atom stereocenters. The summed E-state index contributed by atoms with van der Waals surface area (Å²) < 4.78 is 0. The van der Waals surface area contributed by atoms with Crippen LogP contribution in [0.5, 0.6) is 0 Å². The van der Waals surface area contributed by atoms with Crippen LogP contribution in [-0.4, -0.2) is 16.7 Å². The second-order valence-electron chi connectivity index (χ2n) is 4.61. The Morgan fingerprint density at radius 3 is 2.65 bits per heavy atom. The number of amides is 1. The number of carbonyl (C=O) groups is 2. The summed E-state index contributed by atoms with van der Waals surface area (Å²) in [5.41, 5.74) is 1.78. The fraction of sp³-hybridized carbons (Fsp3) is 0.200. The van der Waals surface area contributed by atoms with E-state index in [0.29, 0.717) is 16.3 Å². The van der Waals surface area contributed by atoms with Crippen LogP contribution in [0.1, 0.15) is 46.3 Å². The third-order valence-electron chi connectivity index (χ3n) is 3.03. The van der Waals surface area contributed by atoms with Gasteiger partial charge in [0, 0.05) is 16.8 Å². The highest BCUT2D eigenvalue weighted by atomic mass is 35.5. The Labute approximate surface area is 122 Å². The Morgan fingerprint density at radius 2 is 2.05 bits per heavy atom. The zero-order valence-electron chi connectivity index (χ0n) is 11.2. The molecule has 2 N–H and O–H groups in total. The highest BCUT2D eigenvalue weighted by Crippen LogP contribution is 2.17. The number of hydrogen-bond acceptors (Lipinski definition) is 2. The fourth-order valence-corrected chi connectivity index (χ4v) is 2.06. The SMILES string of the molecule is CC(=O)c1c[nH]c(C(=O)N[C@@H](C)c2cccc(Cl)c2)c1. The van der Waals surface area contributed by atoms with E-state index in [9.17, 15) is 9.59 Å². The monoisotopic (exact) mass is 290 g/mol. The Morgan fingerprint density at radius 1 is 1.30 bits per heavy atom. The molecule has 4 nitrogen and oxygen atoms in total. The molecule has 0 aliphatic carbocycles. The molecule has 0 aliphatic heterocycles. The summed E-state index contributed by atoms with van der Waals surface area (Å²) in [6.45, 7) is 3.33. The number of nitrogens with one attached hydrogen (secondary N) is 2. The van der Waals surface area contributed by atoms with Gasteiger partial charge in [-0.3, -0.25) is 9.59 Å². The van der Waals surface area contributed by atoms with Gasteiger partial charge in [0.1, 0.15) is 5.69 Å². The van der Waals surface area contributed by atoms with E-state index in [1.54, 1.807) is 12.1 Å². The van der Waals surface area contributed by atoms with E-state index in [1.165, 1.54) is 13.1 Å². The number of Topliss-reactive ketones (excluding diaryl/α,β-unsaturated/α-hetero) is 1. The van der Waals surface area contributed by atoms with E-state index in [2.05, 4.69) is 10.3 Å². The first kappa shape index (κ1) is 14.3. The number of benzene rings is 1. The van der Waals surface area contributed by atoms with Gasteiger partial charge in [-0.05, 0) is 37.6 Å². The molecule has 0 fully saturated rings. The minimum atomic E-state index is -0.259. The minimum Gasteiger partial charge on any atom is -0.356 e.